The number of amides is 1. The fourth-order valence-corrected chi connectivity index (χ4v) is 3.41. The molecule has 0 bridgehead atoms. The Morgan fingerprint density at radius 3 is 2.64 bits per heavy atom. The Morgan fingerprint density at radius 2 is 2.09 bits per heavy atom. The van der Waals surface area contributed by atoms with Crippen LogP contribution in [0.2, 0.25) is 0 Å². The average Bonchev–Trinajstić information content (AvgIpc) is 3.20. The molecule has 6 heteroatoms. The highest BCUT2D eigenvalue weighted by Gasteiger charge is 2.44. The number of rotatable bonds is 4. The lowest BCUT2D eigenvalue weighted by atomic mass is 9.87. The van der Waals surface area contributed by atoms with E-state index in [1.165, 1.54) is 4.68 Å². The Morgan fingerprint density at radius 1 is 1.32 bits per heavy atom. The molecular weight excluding hydrogens is 282 g/mol. The van der Waals surface area contributed by atoms with Gasteiger partial charge in [0, 0.05) is 44.7 Å². The lowest BCUT2D eigenvalue weighted by Crippen LogP contribution is -2.52. The minimum Gasteiger partial charge on any atom is -0.479 e. The maximum absolute atomic E-state index is 12.3. The van der Waals surface area contributed by atoms with E-state index in [0.717, 1.165) is 12.8 Å². The second-order valence-electron chi connectivity index (χ2n) is 6.14. The molecule has 1 aliphatic carbocycles. The number of carbonyl (C=O) groups excluding carboxylic acids is 1. The van der Waals surface area contributed by atoms with Crippen LogP contribution in [0.1, 0.15) is 32.1 Å². The lowest BCUT2D eigenvalue weighted by molar-refractivity contribution is -0.153. The quantitative estimate of drug-likeness (QED) is 0.858. The molecule has 0 radical (unpaired) electrons. The van der Waals surface area contributed by atoms with E-state index in [4.69, 9.17) is 0 Å². The number of hydrogen-bond donors (Lipinski definition) is 1. The minimum atomic E-state index is -1.02. The van der Waals surface area contributed by atoms with Gasteiger partial charge in [-0.25, -0.2) is 4.79 Å². The van der Waals surface area contributed by atoms with Gasteiger partial charge in [0.15, 0.2) is 5.54 Å². The zero-order valence-electron chi connectivity index (χ0n) is 12.5. The first kappa shape index (κ1) is 14.8. The molecule has 0 saturated carbocycles. The normalized spacial score (nSPS) is 23.6. The van der Waals surface area contributed by atoms with Gasteiger partial charge in [-0.05, 0) is 24.8 Å². The SMILES string of the molecule is O=C(C[C@@H]1C=CCC1)N1CCC(C(=O)O)(n2cccn2)CC1. The van der Waals surface area contributed by atoms with Crippen LogP contribution in [-0.2, 0) is 15.1 Å². The number of likely N-dealkylation sites (tertiary alicyclic amines) is 1. The van der Waals surface area contributed by atoms with E-state index in [1.54, 1.807) is 23.4 Å². The lowest BCUT2D eigenvalue weighted by Gasteiger charge is -2.39. The average molecular weight is 303 g/mol. The van der Waals surface area contributed by atoms with Crippen LogP contribution in [-0.4, -0.2) is 44.8 Å². The van der Waals surface area contributed by atoms with Crippen LogP contribution in [0.5, 0.6) is 0 Å². The van der Waals surface area contributed by atoms with Gasteiger partial charge in [-0.3, -0.25) is 9.48 Å². The first-order valence-corrected chi connectivity index (χ1v) is 7.80. The second-order valence-corrected chi connectivity index (χ2v) is 6.14. The van der Waals surface area contributed by atoms with Gasteiger partial charge in [0.25, 0.3) is 0 Å². The zero-order valence-corrected chi connectivity index (χ0v) is 12.5. The molecule has 1 N–H and O–H groups in total. The molecule has 1 fully saturated rings. The summed E-state index contributed by atoms with van der Waals surface area (Å²) in [6.07, 6.45) is 11.0. The summed E-state index contributed by atoms with van der Waals surface area (Å²) >= 11 is 0. The first-order chi connectivity index (χ1) is 10.6. The van der Waals surface area contributed by atoms with E-state index in [9.17, 15) is 14.7 Å². The molecule has 1 aromatic rings. The zero-order chi connectivity index (χ0) is 15.6. The summed E-state index contributed by atoms with van der Waals surface area (Å²) in [6.45, 7) is 0.947. The van der Waals surface area contributed by atoms with Crippen molar-refractivity contribution in [3.05, 3.63) is 30.6 Å². The summed E-state index contributed by atoms with van der Waals surface area (Å²) in [5, 5.41) is 13.8. The van der Waals surface area contributed by atoms with Crippen molar-refractivity contribution in [1.82, 2.24) is 14.7 Å². The van der Waals surface area contributed by atoms with Gasteiger partial charge in [-0.1, -0.05) is 12.2 Å². The van der Waals surface area contributed by atoms with E-state index in [0.29, 0.717) is 38.3 Å². The van der Waals surface area contributed by atoms with Crippen molar-refractivity contribution in [2.45, 2.75) is 37.6 Å². The van der Waals surface area contributed by atoms with Gasteiger partial charge in [0.05, 0.1) is 0 Å². The molecule has 22 heavy (non-hydrogen) atoms. The van der Waals surface area contributed by atoms with Crippen LogP contribution in [0, 0.1) is 5.92 Å². The summed E-state index contributed by atoms with van der Waals surface area (Å²) < 4.78 is 1.52. The summed E-state index contributed by atoms with van der Waals surface area (Å²) in [6, 6.07) is 1.73. The fraction of sp³-hybridized carbons (Fsp3) is 0.562. The van der Waals surface area contributed by atoms with Gasteiger partial charge < -0.3 is 10.0 Å². The third kappa shape index (κ3) is 2.65. The van der Waals surface area contributed by atoms with Crippen molar-refractivity contribution in [2.75, 3.05) is 13.1 Å². The molecule has 0 unspecified atom stereocenters. The van der Waals surface area contributed by atoms with Crippen LogP contribution >= 0.6 is 0 Å². The van der Waals surface area contributed by atoms with E-state index in [1.807, 2.05) is 0 Å². The number of carbonyl (C=O) groups is 2. The Labute approximate surface area is 129 Å². The van der Waals surface area contributed by atoms with E-state index in [2.05, 4.69) is 17.3 Å². The predicted molar refractivity (Wildman–Crippen MR) is 80.1 cm³/mol. The predicted octanol–water partition coefficient (Wildman–Crippen LogP) is 1.64. The summed E-state index contributed by atoms with van der Waals surface area (Å²) in [5.41, 5.74) is -1.02. The largest absolute Gasteiger partial charge is 0.479 e. The number of aromatic nitrogens is 2. The Balaban J connectivity index is 1.64. The maximum Gasteiger partial charge on any atom is 0.331 e. The number of hydrogen-bond acceptors (Lipinski definition) is 3. The molecule has 1 aromatic heterocycles. The molecule has 0 aromatic carbocycles. The molecule has 1 saturated heterocycles. The van der Waals surface area contributed by atoms with E-state index >= 15 is 0 Å². The molecule has 2 aliphatic rings. The van der Waals surface area contributed by atoms with Crippen LogP contribution in [0.25, 0.3) is 0 Å². The topological polar surface area (TPSA) is 75.4 Å². The van der Waals surface area contributed by atoms with Crippen LogP contribution in [0.3, 0.4) is 0 Å². The highest BCUT2D eigenvalue weighted by atomic mass is 16.4. The first-order valence-electron chi connectivity index (χ1n) is 7.80. The molecule has 1 aliphatic heterocycles. The molecule has 0 spiro atoms. The third-order valence-corrected chi connectivity index (χ3v) is 4.83. The van der Waals surface area contributed by atoms with E-state index < -0.39 is 11.5 Å². The van der Waals surface area contributed by atoms with Crippen molar-refractivity contribution in [3.63, 3.8) is 0 Å². The van der Waals surface area contributed by atoms with Crippen LogP contribution in [0.15, 0.2) is 30.6 Å². The monoisotopic (exact) mass is 303 g/mol. The van der Waals surface area contributed by atoms with Crippen molar-refractivity contribution < 1.29 is 14.7 Å². The number of carboxylic acids is 1. The van der Waals surface area contributed by atoms with Gasteiger partial charge in [0.1, 0.15) is 0 Å². The maximum atomic E-state index is 12.3. The molecule has 6 nitrogen and oxygen atoms in total. The van der Waals surface area contributed by atoms with Crippen molar-refractivity contribution >= 4 is 11.9 Å². The van der Waals surface area contributed by atoms with Crippen LogP contribution in [0.4, 0.5) is 0 Å². The highest BCUT2D eigenvalue weighted by Crippen LogP contribution is 2.31. The van der Waals surface area contributed by atoms with Crippen molar-refractivity contribution in [1.29, 1.82) is 0 Å². The molecule has 1 atom stereocenters. The van der Waals surface area contributed by atoms with Gasteiger partial charge >= 0.3 is 5.97 Å². The Bertz CT molecular complexity index is 571. The number of carboxylic acid groups (broad SMARTS) is 1. The number of nitrogens with zero attached hydrogens (tertiary/aromatic N) is 3. The molecular formula is C16H21N3O3. The fourth-order valence-electron chi connectivity index (χ4n) is 3.41. The number of allylic oxidation sites excluding steroid dienone is 2. The van der Waals surface area contributed by atoms with Gasteiger partial charge in [0.2, 0.25) is 5.91 Å². The molecule has 3 rings (SSSR count). The third-order valence-electron chi connectivity index (χ3n) is 4.83. The van der Waals surface area contributed by atoms with E-state index in [-0.39, 0.29) is 5.91 Å². The summed E-state index contributed by atoms with van der Waals surface area (Å²) in [7, 11) is 0. The number of piperidine rings is 1. The molecule has 118 valence electrons. The summed E-state index contributed by atoms with van der Waals surface area (Å²) in [4.78, 5) is 25.9. The standard InChI is InChI=1S/C16H21N3O3/c20-14(12-13-4-1-2-5-13)18-10-6-16(7-11-18,15(21)22)19-9-3-8-17-19/h1,3-4,8-9,13H,2,5-7,10-12H2,(H,21,22)/t13-/m1/s1. The highest BCUT2D eigenvalue weighted by molar-refractivity contribution is 5.79. The van der Waals surface area contributed by atoms with Gasteiger partial charge in [-0.2, -0.15) is 5.10 Å². The van der Waals surface area contributed by atoms with Crippen molar-refractivity contribution in [2.24, 2.45) is 5.92 Å². The Hall–Kier alpha value is -2.11. The van der Waals surface area contributed by atoms with Crippen LogP contribution < -0.4 is 0 Å². The number of aliphatic carboxylic acids is 1. The Kier molecular flexibility index (Phi) is 4.00. The summed E-state index contributed by atoms with van der Waals surface area (Å²) in [5.74, 6) is -0.386. The van der Waals surface area contributed by atoms with Gasteiger partial charge in [-0.15, -0.1) is 0 Å². The van der Waals surface area contributed by atoms with Crippen molar-refractivity contribution in [3.8, 4) is 0 Å². The minimum absolute atomic E-state index is 0.135. The molecule has 1 amide bonds. The smallest absolute Gasteiger partial charge is 0.331 e. The molecule has 2 heterocycles. The second kappa shape index (κ2) is 5.94.